The normalized spacial score (nSPS) is 13.0. The Morgan fingerprint density at radius 2 is 1.76 bits per heavy atom. The van der Waals surface area contributed by atoms with Crippen LogP contribution in [-0.2, 0) is 11.0 Å². The van der Waals surface area contributed by atoms with Crippen molar-refractivity contribution in [2.75, 3.05) is 5.32 Å². The van der Waals surface area contributed by atoms with Gasteiger partial charge in [-0.2, -0.15) is 13.2 Å². The van der Waals surface area contributed by atoms with Gasteiger partial charge in [-0.25, -0.2) is 4.98 Å². The second-order valence-electron chi connectivity index (χ2n) is 5.77. The molecule has 0 saturated heterocycles. The lowest BCUT2D eigenvalue weighted by atomic mass is 10.2. The molecule has 1 N–H and O–H groups in total. The fraction of sp³-hybridized carbons (Fsp3) is 0.222. The molecule has 130 valence electrons. The van der Waals surface area contributed by atoms with Crippen LogP contribution in [0.3, 0.4) is 0 Å². The molecule has 7 heteroatoms. The maximum atomic E-state index is 13.4. The summed E-state index contributed by atoms with van der Waals surface area (Å²) in [4.78, 5) is 16.2. The van der Waals surface area contributed by atoms with Crippen LogP contribution in [0.2, 0.25) is 0 Å². The van der Waals surface area contributed by atoms with Gasteiger partial charge in [0.05, 0.1) is 11.0 Å². The quantitative estimate of drug-likeness (QED) is 0.755. The van der Waals surface area contributed by atoms with Gasteiger partial charge in [0.2, 0.25) is 11.7 Å². The Hall–Kier alpha value is -2.83. The van der Waals surface area contributed by atoms with Gasteiger partial charge >= 0.3 is 6.18 Å². The molecule has 0 aliphatic heterocycles. The number of amides is 1. The van der Waals surface area contributed by atoms with Crippen LogP contribution in [0.1, 0.15) is 24.4 Å². The number of rotatable bonds is 3. The zero-order valence-electron chi connectivity index (χ0n) is 13.6. The van der Waals surface area contributed by atoms with E-state index in [-0.39, 0.29) is 11.0 Å². The number of carbonyl (C=O) groups is 1. The Morgan fingerprint density at radius 3 is 2.44 bits per heavy atom. The molecule has 2 aromatic carbocycles. The fourth-order valence-electron chi connectivity index (χ4n) is 2.70. The van der Waals surface area contributed by atoms with Crippen molar-refractivity contribution in [1.29, 1.82) is 0 Å². The monoisotopic (exact) mass is 347 g/mol. The summed E-state index contributed by atoms with van der Waals surface area (Å²) in [5.74, 6) is -1.62. The first-order valence-corrected chi connectivity index (χ1v) is 7.69. The summed E-state index contributed by atoms with van der Waals surface area (Å²) in [5.41, 5.74) is 1.86. The minimum atomic E-state index is -4.66. The van der Waals surface area contributed by atoms with Gasteiger partial charge < -0.3 is 9.88 Å². The van der Waals surface area contributed by atoms with Crippen LogP contribution in [0.5, 0.6) is 0 Å². The van der Waals surface area contributed by atoms with Gasteiger partial charge in [-0.15, -0.1) is 0 Å². The van der Waals surface area contributed by atoms with Crippen molar-refractivity contribution in [3.05, 3.63) is 59.9 Å². The highest BCUT2D eigenvalue weighted by molar-refractivity contribution is 5.95. The maximum absolute atomic E-state index is 13.4. The first-order valence-electron chi connectivity index (χ1n) is 7.69. The lowest BCUT2D eigenvalue weighted by Gasteiger charge is -2.19. The van der Waals surface area contributed by atoms with E-state index in [1.54, 1.807) is 24.3 Å². The van der Waals surface area contributed by atoms with Crippen molar-refractivity contribution in [3.63, 3.8) is 0 Å². The Morgan fingerprint density at radius 1 is 1.12 bits per heavy atom. The Kier molecular flexibility index (Phi) is 4.24. The Balaban J connectivity index is 2.03. The van der Waals surface area contributed by atoms with E-state index in [2.05, 4.69) is 10.3 Å². The zero-order chi connectivity index (χ0) is 18.2. The van der Waals surface area contributed by atoms with E-state index in [0.29, 0.717) is 5.69 Å². The van der Waals surface area contributed by atoms with Crippen LogP contribution < -0.4 is 5.32 Å². The van der Waals surface area contributed by atoms with E-state index in [9.17, 15) is 18.0 Å². The molecular weight excluding hydrogens is 331 g/mol. The molecule has 1 atom stereocenters. The molecule has 1 aromatic heterocycles. The molecule has 0 aliphatic rings. The van der Waals surface area contributed by atoms with E-state index in [0.717, 1.165) is 10.1 Å². The number of aryl methyl sites for hydroxylation is 1. The molecule has 3 aromatic rings. The van der Waals surface area contributed by atoms with Crippen LogP contribution in [0, 0.1) is 6.92 Å². The van der Waals surface area contributed by atoms with E-state index in [1.165, 1.54) is 19.1 Å². The smallest absolute Gasteiger partial charge is 0.324 e. The molecular formula is C18H16F3N3O. The zero-order valence-corrected chi connectivity index (χ0v) is 13.6. The van der Waals surface area contributed by atoms with Crippen molar-refractivity contribution in [2.24, 2.45) is 0 Å². The molecule has 25 heavy (non-hydrogen) atoms. The van der Waals surface area contributed by atoms with Gasteiger partial charge in [-0.05, 0) is 37.6 Å². The molecule has 0 bridgehead atoms. The van der Waals surface area contributed by atoms with Gasteiger partial charge in [-0.3, -0.25) is 4.79 Å². The predicted octanol–water partition coefficient (Wildman–Crippen LogP) is 4.56. The largest absolute Gasteiger partial charge is 0.449 e. The van der Waals surface area contributed by atoms with Crippen molar-refractivity contribution in [3.8, 4) is 0 Å². The average molecular weight is 347 g/mol. The Labute approximate surface area is 142 Å². The van der Waals surface area contributed by atoms with Crippen molar-refractivity contribution >= 4 is 22.6 Å². The number of hydrogen-bond acceptors (Lipinski definition) is 2. The van der Waals surface area contributed by atoms with E-state index in [1.807, 2.05) is 19.1 Å². The van der Waals surface area contributed by atoms with Crippen LogP contribution in [0.15, 0.2) is 48.5 Å². The first kappa shape index (κ1) is 17.0. The number of nitrogens with zero attached hydrogens (tertiary/aromatic N) is 2. The second kappa shape index (κ2) is 6.23. The highest BCUT2D eigenvalue weighted by Crippen LogP contribution is 2.34. The fourth-order valence-corrected chi connectivity index (χ4v) is 2.70. The summed E-state index contributed by atoms with van der Waals surface area (Å²) >= 11 is 0. The molecule has 0 aliphatic carbocycles. The van der Waals surface area contributed by atoms with Gasteiger partial charge in [0.15, 0.2) is 0 Å². The average Bonchev–Trinajstić information content (AvgIpc) is 2.96. The third-order valence-electron chi connectivity index (χ3n) is 4.02. The molecule has 3 rings (SSSR count). The number of benzene rings is 2. The van der Waals surface area contributed by atoms with E-state index >= 15 is 0 Å². The third-order valence-corrected chi connectivity index (χ3v) is 4.02. The molecule has 0 saturated carbocycles. The lowest BCUT2D eigenvalue weighted by Crippen LogP contribution is -2.27. The van der Waals surface area contributed by atoms with Crippen molar-refractivity contribution in [1.82, 2.24) is 9.55 Å². The minimum Gasteiger partial charge on any atom is -0.324 e. The number of hydrogen-bond donors (Lipinski definition) is 1. The number of carbonyl (C=O) groups excluding carboxylic acids is 1. The van der Waals surface area contributed by atoms with Crippen LogP contribution in [0.25, 0.3) is 11.0 Å². The molecule has 1 amide bonds. The predicted molar refractivity (Wildman–Crippen MR) is 89.3 cm³/mol. The number of halogens is 3. The highest BCUT2D eigenvalue weighted by Gasteiger charge is 2.39. The van der Waals surface area contributed by atoms with Crippen molar-refractivity contribution < 1.29 is 18.0 Å². The SMILES string of the molecule is Cc1ccccc1NC(=O)[C@H](C)n1c(C(F)(F)F)nc2ccccc21. The lowest BCUT2D eigenvalue weighted by molar-refractivity contribution is -0.148. The highest BCUT2D eigenvalue weighted by atomic mass is 19.4. The van der Waals surface area contributed by atoms with E-state index in [4.69, 9.17) is 0 Å². The first-order chi connectivity index (χ1) is 11.8. The molecule has 0 fully saturated rings. The van der Waals surface area contributed by atoms with Gasteiger partial charge in [0.1, 0.15) is 6.04 Å². The summed E-state index contributed by atoms with van der Waals surface area (Å²) in [6, 6.07) is 12.3. The topological polar surface area (TPSA) is 46.9 Å². The number of alkyl halides is 3. The van der Waals surface area contributed by atoms with Crippen LogP contribution in [-0.4, -0.2) is 15.5 Å². The molecule has 1 heterocycles. The number of para-hydroxylation sites is 3. The van der Waals surface area contributed by atoms with Crippen LogP contribution in [0.4, 0.5) is 18.9 Å². The molecule has 0 spiro atoms. The molecule has 0 radical (unpaired) electrons. The van der Waals surface area contributed by atoms with Gasteiger partial charge in [0.25, 0.3) is 0 Å². The summed E-state index contributed by atoms with van der Waals surface area (Å²) in [5, 5.41) is 2.69. The molecule has 4 nitrogen and oxygen atoms in total. The second-order valence-corrected chi connectivity index (χ2v) is 5.77. The molecule has 0 unspecified atom stereocenters. The summed E-state index contributed by atoms with van der Waals surface area (Å²) in [7, 11) is 0. The minimum absolute atomic E-state index is 0.199. The Bertz CT molecular complexity index is 931. The van der Waals surface area contributed by atoms with Gasteiger partial charge in [0, 0.05) is 5.69 Å². The van der Waals surface area contributed by atoms with E-state index < -0.39 is 23.9 Å². The third kappa shape index (κ3) is 3.22. The summed E-state index contributed by atoms with van der Waals surface area (Å²) in [6.07, 6.45) is -4.66. The number of imidazole rings is 1. The summed E-state index contributed by atoms with van der Waals surface area (Å²) in [6.45, 7) is 3.24. The number of nitrogens with one attached hydrogen (secondary N) is 1. The number of anilines is 1. The van der Waals surface area contributed by atoms with Gasteiger partial charge in [-0.1, -0.05) is 30.3 Å². The standard InChI is InChI=1S/C18H16F3N3O/c1-11-7-3-4-8-13(11)22-16(25)12(2)24-15-10-6-5-9-14(15)23-17(24)18(19,20)21/h3-10,12H,1-2H3,(H,22,25)/t12-/m0/s1. The van der Waals surface area contributed by atoms with Crippen molar-refractivity contribution in [2.45, 2.75) is 26.1 Å². The number of fused-ring (bicyclic) bond motifs is 1. The maximum Gasteiger partial charge on any atom is 0.449 e. The summed E-state index contributed by atoms with van der Waals surface area (Å²) < 4.78 is 41.1. The van der Waals surface area contributed by atoms with Crippen LogP contribution >= 0.6 is 0 Å². The number of aromatic nitrogens is 2.